The van der Waals surface area contributed by atoms with Gasteiger partial charge in [-0.3, -0.25) is 0 Å². The van der Waals surface area contributed by atoms with Gasteiger partial charge in [0, 0.05) is 11.1 Å². The molecule has 162 valence electrons. The summed E-state index contributed by atoms with van der Waals surface area (Å²) in [5.41, 5.74) is 2.18. The molecule has 0 N–H and O–H groups in total. The molecule has 0 aromatic heterocycles. The van der Waals surface area contributed by atoms with Gasteiger partial charge in [0.25, 0.3) is 0 Å². The van der Waals surface area contributed by atoms with Crippen LogP contribution in [0.4, 0.5) is 0 Å². The van der Waals surface area contributed by atoms with Crippen molar-refractivity contribution in [1.82, 2.24) is 0 Å². The van der Waals surface area contributed by atoms with Gasteiger partial charge in [-0.25, -0.2) is 0 Å². The van der Waals surface area contributed by atoms with Gasteiger partial charge in [0.2, 0.25) is 0 Å². The van der Waals surface area contributed by atoms with E-state index in [0.29, 0.717) is 0 Å². The molecule has 0 radical (unpaired) electrons. The third-order valence-electron chi connectivity index (χ3n) is 6.76. The van der Waals surface area contributed by atoms with Crippen molar-refractivity contribution >= 4 is 56.4 Å². The molecule has 0 saturated heterocycles. The van der Waals surface area contributed by atoms with E-state index in [1.54, 1.807) is 0 Å². The average Bonchev–Trinajstić information content (AvgIpc) is 2.85. The minimum Gasteiger partial charge on any atom is -0.0656 e. The maximum Gasteiger partial charge on any atom is 0.0792 e. The SMILES string of the molecule is C[Si](C)(C)c1c2ccccc2c(C#Cc2ccc3c(ccc4ccccc43)c2)c2ccccc12. The van der Waals surface area contributed by atoms with Crippen LogP contribution in [0.2, 0.25) is 19.6 Å². The maximum absolute atomic E-state index is 3.59. The smallest absolute Gasteiger partial charge is 0.0656 e. The Bertz CT molecular complexity index is 1730. The lowest BCUT2D eigenvalue weighted by molar-refractivity contribution is 1.69. The van der Waals surface area contributed by atoms with E-state index >= 15 is 0 Å². The van der Waals surface area contributed by atoms with Gasteiger partial charge in [0.1, 0.15) is 0 Å². The molecule has 0 aliphatic heterocycles. The molecule has 0 bridgehead atoms. The molecule has 0 saturated carbocycles. The zero-order valence-corrected chi connectivity index (χ0v) is 20.8. The van der Waals surface area contributed by atoms with Crippen LogP contribution in [0.3, 0.4) is 0 Å². The minimum atomic E-state index is -1.57. The van der Waals surface area contributed by atoms with Gasteiger partial charge in [0.05, 0.1) is 8.07 Å². The van der Waals surface area contributed by atoms with Crippen molar-refractivity contribution in [3.05, 3.63) is 114 Å². The van der Waals surface area contributed by atoms with Gasteiger partial charge in [-0.2, -0.15) is 0 Å². The largest absolute Gasteiger partial charge is 0.0792 e. The summed E-state index contributed by atoms with van der Waals surface area (Å²) in [6, 6.07) is 37.2. The van der Waals surface area contributed by atoms with E-state index < -0.39 is 8.07 Å². The van der Waals surface area contributed by atoms with Crippen molar-refractivity contribution in [3.8, 4) is 11.8 Å². The van der Waals surface area contributed by atoms with Gasteiger partial charge in [-0.15, -0.1) is 0 Å². The Labute approximate surface area is 201 Å². The van der Waals surface area contributed by atoms with E-state index in [9.17, 15) is 0 Å². The number of rotatable bonds is 1. The van der Waals surface area contributed by atoms with Crippen LogP contribution in [0.1, 0.15) is 11.1 Å². The first kappa shape index (κ1) is 20.7. The van der Waals surface area contributed by atoms with Crippen molar-refractivity contribution in [1.29, 1.82) is 0 Å². The Kier molecular flexibility index (Phi) is 4.80. The standard InChI is InChI=1S/C33H26Si/c1-34(2,3)33-31-14-8-6-12-28(31)30(29-13-7-9-15-32(29)33)21-17-23-16-20-27-25(22-23)19-18-24-10-4-5-11-26(24)27/h4-16,18-20,22H,1-3H3. The van der Waals surface area contributed by atoms with E-state index in [2.05, 4.69) is 135 Å². The lowest BCUT2D eigenvalue weighted by Gasteiger charge is -2.23. The Balaban J connectivity index is 1.58. The molecule has 0 unspecified atom stereocenters. The van der Waals surface area contributed by atoms with Crippen LogP contribution in [0, 0.1) is 11.8 Å². The van der Waals surface area contributed by atoms with Crippen molar-refractivity contribution in [2.24, 2.45) is 0 Å². The highest BCUT2D eigenvalue weighted by molar-refractivity contribution is 6.92. The lowest BCUT2D eigenvalue weighted by atomic mass is 9.96. The van der Waals surface area contributed by atoms with E-state index in [1.165, 1.54) is 48.3 Å². The molecule has 6 aromatic carbocycles. The summed E-state index contributed by atoms with van der Waals surface area (Å²) < 4.78 is 0. The lowest BCUT2D eigenvalue weighted by Crippen LogP contribution is -2.39. The predicted octanol–water partition coefficient (Wildman–Crippen LogP) is 8.24. The molecule has 0 aliphatic rings. The molecule has 0 aliphatic carbocycles. The fraction of sp³-hybridized carbons (Fsp3) is 0.0909. The van der Waals surface area contributed by atoms with Crippen LogP contribution in [-0.4, -0.2) is 8.07 Å². The molecule has 34 heavy (non-hydrogen) atoms. The van der Waals surface area contributed by atoms with Crippen LogP contribution < -0.4 is 5.19 Å². The molecule has 6 rings (SSSR count). The topological polar surface area (TPSA) is 0 Å². The van der Waals surface area contributed by atoms with Gasteiger partial charge >= 0.3 is 0 Å². The zero-order chi connectivity index (χ0) is 23.3. The highest BCUT2D eigenvalue weighted by atomic mass is 28.3. The van der Waals surface area contributed by atoms with Gasteiger partial charge in [-0.1, -0.05) is 122 Å². The molecule has 0 fully saturated rings. The highest BCUT2D eigenvalue weighted by Crippen LogP contribution is 2.30. The molecular weight excluding hydrogens is 424 g/mol. The van der Waals surface area contributed by atoms with Crippen LogP contribution in [-0.2, 0) is 0 Å². The van der Waals surface area contributed by atoms with E-state index in [-0.39, 0.29) is 0 Å². The quantitative estimate of drug-likeness (QED) is 0.102. The zero-order valence-electron chi connectivity index (χ0n) is 19.8. The Morgan fingerprint density at radius 1 is 0.471 bits per heavy atom. The Morgan fingerprint density at radius 2 is 1.00 bits per heavy atom. The molecule has 6 aromatic rings. The number of hydrogen-bond acceptors (Lipinski definition) is 0. The third-order valence-corrected chi connectivity index (χ3v) is 8.80. The van der Waals surface area contributed by atoms with E-state index in [4.69, 9.17) is 0 Å². The van der Waals surface area contributed by atoms with Gasteiger partial charge in [-0.05, 0) is 60.4 Å². The van der Waals surface area contributed by atoms with Crippen molar-refractivity contribution < 1.29 is 0 Å². The molecule has 0 heterocycles. The molecule has 0 atom stereocenters. The van der Waals surface area contributed by atoms with Crippen LogP contribution >= 0.6 is 0 Å². The average molecular weight is 451 g/mol. The number of fused-ring (bicyclic) bond motifs is 5. The summed E-state index contributed by atoms with van der Waals surface area (Å²) in [5, 5.41) is 11.8. The summed E-state index contributed by atoms with van der Waals surface area (Å²) in [7, 11) is -1.57. The molecular formula is C33H26Si. The first-order valence-electron chi connectivity index (χ1n) is 11.9. The number of benzene rings is 6. The van der Waals surface area contributed by atoms with Gasteiger partial charge < -0.3 is 0 Å². The summed E-state index contributed by atoms with van der Waals surface area (Å²) in [5.74, 6) is 7.10. The monoisotopic (exact) mass is 450 g/mol. The van der Waals surface area contributed by atoms with Crippen molar-refractivity contribution in [2.45, 2.75) is 19.6 Å². The third kappa shape index (κ3) is 3.39. The number of hydrogen-bond donors (Lipinski definition) is 0. The molecule has 0 spiro atoms. The highest BCUT2D eigenvalue weighted by Gasteiger charge is 2.23. The fourth-order valence-corrected chi connectivity index (χ4v) is 7.35. The molecule has 0 nitrogen and oxygen atoms in total. The van der Waals surface area contributed by atoms with Crippen molar-refractivity contribution in [2.75, 3.05) is 0 Å². The minimum absolute atomic E-state index is 1.05. The first-order valence-corrected chi connectivity index (χ1v) is 15.4. The predicted molar refractivity (Wildman–Crippen MR) is 152 cm³/mol. The summed E-state index contributed by atoms with van der Waals surface area (Å²) in [6.45, 7) is 7.31. The first-order chi connectivity index (χ1) is 16.5. The summed E-state index contributed by atoms with van der Waals surface area (Å²) in [6.07, 6.45) is 0. The Hall–Kier alpha value is -3.86. The van der Waals surface area contributed by atoms with Crippen molar-refractivity contribution in [3.63, 3.8) is 0 Å². The van der Waals surface area contributed by atoms with Crippen LogP contribution in [0.25, 0.3) is 43.1 Å². The maximum atomic E-state index is 3.59. The van der Waals surface area contributed by atoms with E-state index in [1.807, 2.05) is 0 Å². The van der Waals surface area contributed by atoms with Gasteiger partial charge in [0.15, 0.2) is 0 Å². The Morgan fingerprint density at radius 3 is 1.65 bits per heavy atom. The fourth-order valence-electron chi connectivity index (χ4n) is 5.30. The second kappa shape index (κ2) is 7.87. The second-order valence-corrected chi connectivity index (χ2v) is 15.1. The van der Waals surface area contributed by atoms with E-state index in [0.717, 1.165) is 11.1 Å². The van der Waals surface area contributed by atoms with Crippen LogP contribution in [0.5, 0.6) is 0 Å². The molecule has 1 heteroatoms. The molecule has 0 amide bonds. The second-order valence-electron chi connectivity index (χ2n) is 10.1. The van der Waals surface area contributed by atoms with Crippen LogP contribution in [0.15, 0.2) is 103 Å². The summed E-state index contributed by atoms with van der Waals surface area (Å²) >= 11 is 0. The normalized spacial score (nSPS) is 11.7. The summed E-state index contributed by atoms with van der Waals surface area (Å²) in [4.78, 5) is 0.